The molecule has 3 aromatic rings. The van der Waals surface area contributed by atoms with Gasteiger partial charge in [0.05, 0.1) is 16.8 Å². The van der Waals surface area contributed by atoms with Gasteiger partial charge in [-0.2, -0.15) is 5.10 Å². The van der Waals surface area contributed by atoms with Crippen LogP contribution in [0.3, 0.4) is 0 Å². The minimum Gasteiger partial charge on any atom is -0.348 e. The molecule has 3 rings (SSSR count). The highest BCUT2D eigenvalue weighted by Gasteiger charge is 2.22. The molecular weight excluding hydrogens is 364 g/mol. The Morgan fingerprint density at radius 1 is 1.15 bits per heavy atom. The fourth-order valence-corrected chi connectivity index (χ4v) is 3.82. The summed E-state index contributed by atoms with van der Waals surface area (Å²) in [5.74, 6) is -0.349. The maximum absolute atomic E-state index is 12.9. The maximum Gasteiger partial charge on any atom is 0.264 e. The standard InChI is InChI=1S/C19H20N4O3S/c1-22-14-15(13-21-22)12-20-19(24)16-7-6-10-18(11-16)27(25,26)23(2)17-8-4-3-5-9-17/h3-11,13-14H,12H2,1-2H3,(H,20,24). The third-order valence-corrected chi connectivity index (χ3v) is 5.87. The zero-order chi connectivity index (χ0) is 19.4. The summed E-state index contributed by atoms with van der Waals surface area (Å²) >= 11 is 0. The number of para-hydroxylation sites is 1. The zero-order valence-corrected chi connectivity index (χ0v) is 15.8. The lowest BCUT2D eigenvalue weighted by Gasteiger charge is -2.19. The zero-order valence-electron chi connectivity index (χ0n) is 15.0. The molecule has 1 N–H and O–H groups in total. The van der Waals surface area contributed by atoms with Crippen molar-refractivity contribution in [2.75, 3.05) is 11.4 Å². The largest absolute Gasteiger partial charge is 0.348 e. The van der Waals surface area contributed by atoms with Gasteiger partial charge < -0.3 is 5.32 Å². The van der Waals surface area contributed by atoms with Crippen molar-refractivity contribution in [2.24, 2.45) is 7.05 Å². The van der Waals surface area contributed by atoms with Crippen LogP contribution in [-0.2, 0) is 23.6 Å². The number of hydrogen-bond donors (Lipinski definition) is 1. The molecule has 1 heterocycles. The van der Waals surface area contributed by atoms with Crippen LogP contribution in [0.2, 0.25) is 0 Å². The van der Waals surface area contributed by atoms with Crippen molar-refractivity contribution in [1.29, 1.82) is 0 Å². The van der Waals surface area contributed by atoms with E-state index in [0.717, 1.165) is 5.56 Å². The number of sulfonamides is 1. The summed E-state index contributed by atoms with van der Waals surface area (Å²) in [5.41, 5.74) is 1.68. The number of aryl methyl sites for hydroxylation is 1. The second-order valence-electron chi connectivity index (χ2n) is 6.04. The Labute approximate surface area is 158 Å². The van der Waals surface area contributed by atoms with Gasteiger partial charge in [0.1, 0.15) is 0 Å². The van der Waals surface area contributed by atoms with Crippen LogP contribution in [0.4, 0.5) is 5.69 Å². The van der Waals surface area contributed by atoms with E-state index in [1.165, 1.54) is 23.5 Å². The van der Waals surface area contributed by atoms with E-state index >= 15 is 0 Å². The van der Waals surface area contributed by atoms with E-state index in [1.54, 1.807) is 60.5 Å². The van der Waals surface area contributed by atoms with Crippen molar-refractivity contribution in [1.82, 2.24) is 15.1 Å². The van der Waals surface area contributed by atoms with Crippen LogP contribution < -0.4 is 9.62 Å². The number of hydrogen-bond acceptors (Lipinski definition) is 4. The summed E-state index contributed by atoms with van der Waals surface area (Å²) in [6.45, 7) is 0.313. The SMILES string of the molecule is CN(c1ccccc1)S(=O)(=O)c1cccc(C(=O)NCc2cnn(C)c2)c1. The number of nitrogens with one attached hydrogen (secondary N) is 1. The quantitative estimate of drug-likeness (QED) is 0.706. The molecule has 2 aromatic carbocycles. The predicted octanol–water partition coefficient (Wildman–Crippen LogP) is 2.18. The Bertz CT molecular complexity index is 1050. The summed E-state index contributed by atoms with van der Waals surface area (Å²) in [6, 6.07) is 14.8. The minimum absolute atomic E-state index is 0.0582. The summed E-state index contributed by atoms with van der Waals surface area (Å²) in [5, 5.41) is 6.81. The summed E-state index contributed by atoms with van der Waals surface area (Å²) in [7, 11) is -0.491. The molecule has 0 aliphatic carbocycles. The number of carbonyl (C=O) groups excluding carboxylic acids is 1. The number of nitrogens with zero attached hydrogens (tertiary/aromatic N) is 3. The van der Waals surface area contributed by atoms with Gasteiger partial charge in [0.2, 0.25) is 0 Å². The monoisotopic (exact) mass is 384 g/mol. The normalized spacial score (nSPS) is 11.2. The second-order valence-corrected chi connectivity index (χ2v) is 8.01. The Morgan fingerprint density at radius 2 is 1.89 bits per heavy atom. The molecule has 0 fully saturated rings. The summed E-state index contributed by atoms with van der Waals surface area (Å²) in [6.07, 6.45) is 3.46. The van der Waals surface area contributed by atoms with Crippen LogP contribution in [0.5, 0.6) is 0 Å². The van der Waals surface area contributed by atoms with Crippen molar-refractivity contribution in [3.05, 3.63) is 78.1 Å². The number of benzene rings is 2. The Hall–Kier alpha value is -3.13. The number of rotatable bonds is 6. The van der Waals surface area contributed by atoms with E-state index in [-0.39, 0.29) is 16.4 Å². The highest BCUT2D eigenvalue weighted by molar-refractivity contribution is 7.92. The number of amides is 1. The third kappa shape index (κ3) is 4.17. The van der Waals surface area contributed by atoms with Crippen molar-refractivity contribution < 1.29 is 13.2 Å². The van der Waals surface area contributed by atoms with E-state index < -0.39 is 10.0 Å². The van der Waals surface area contributed by atoms with Gasteiger partial charge in [-0.1, -0.05) is 24.3 Å². The fourth-order valence-electron chi connectivity index (χ4n) is 2.58. The van der Waals surface area contributed by atoms with E-state index in [9.17, 15) is 13.2 Å². The van der Waals surface area contributed by atoms with E-state index in [4.69, 9.17) is 0 Å². The highest BCUT2D eigenvalue weighted by atomic mass is 32.2. The summed E-state index contributed by atoms with van der Waals surface area (Å²) in [4.78, 5) is 12.5. The van der Waals surface area contributed by atoms with Crippen LogP contribution in [0.1, 0.15) is 15.9 Å². The molecule has 0 saturated heterocycles. The van der Waals surface area contributed by atoms with Crippen LogP contribution in [-0.4, -0.2) is 31.2 Å². The molecule has 0 aliphatic rings. The highest BCUT2D eigenvalue weighted by Crippen LogP contribution is 2.22. The van der Waals surface area contributed by atoms with Gasteiger partial charge in [-0.05, 0) is 30.3 Å². The molecule has 27 heavy (non-hydrogen) atoms. The first-order valence-corrected chi connectivity index (χ1v) is 9.72. The van der Waals surface area contributed by atoms with Gasteiger partial charge in [-0.3, -0.25) is 13.8 Å². The molecule has 0 aliphatic heterocycles. The molecule has 0 bridgehead atoms. The van der Waals surface area contributed by atoms with Crippen LogP contribution in [0.25, 0.3) is 0 Å². The molecule has 140 valence electrons. The van der Waals surface area contributed by atoms with Crippen molar-refractivity contribution >= 4 is 21.6 Å². The molecule has 0 radical (unpaired) electrons. The second kappa shape index (κ2) is 7.63. The Kier molecular flexibility index (Phi) is 5.27. The Morgan fingerprint density at radius 3 is 2.56 bits per heavy atom. The number of anilines is 1. The fraction of sp³-hybridized carbons (Fsp3) is 0.158. The van der Waals surface area contributed by atoms with Gasteiger partial charge in [-0.15, -0.1) is 0 Å². The van der Waals surface area contributed by atoms with Crippen LogP contribution in [0.15, 0.2) is 71.9 Å². The minimum atomic E-state index is -3.77. The Balaban J connectivity index is 1.79. The van der Waals surface area contributed by atoms with Gasteiger partial charge in [0, 0.05) is 38.0 Å². The molecular formula is C19H20N4O3S. The molecule has 8 heteroatoms. The van der Waals surface area contributed by atoms with Crippen molar-refractivity contribution in [3.63, 3.8) is 0 Å². The number of aromatic nitrogens is 2. The smallest absolute Gasteiger partial charge is 0.264 e. The first-order chi connectivity index (χ1) is 12.9. The van der Waals surface area contributed by atoms with Crippen LogP contribution >= 0.6 is 0 Å². The molecule has 1 aromatic heterocycles. The number of carbonyl (C=O) groups is 1. The van der Waals surface area contributed by atoms with Gasteiger partial charge in [-0.25, -0.2) is 8.42 Å². The first-order valence-electron chi connectivity index (χ1n) is 8.28. The van der Waals surface area contributed by atoms with E-state index in [0.29, 0.717) is 12.2 Å². The summed E-state index contributed by atoms with van der Waals surface area (Å²) < 4.78 is 28.6. The van der Waals surface area contributed by atoms with Gasteiger partial charge in [0.25, 0.3) is 15.9 Å². The third-order valence-electron chi connectivity index (χ3n) is 4.09. The molecule has 7 nitrogen and oxygen atoms in total. The maximum atomic E-state index is 12.9. The van der Waals surface area contributed by atoms with E-state index in [1.807, 2.05) is 6.07 Å². The lowest BCUT2D eigenvalue weighted by Crippen LogP contribution is -2.27. The first kappa shape index (κ1) is 18.7. The van der Waals surface area contributed by atoms with Gasteiger partial charge >= 0.3 is 0 Å². The van der Waals surface area contributed by atoms with Crippen LogP contribution in [0, 0.1) is 0 Å². The lowest BCUT2D eigenvalue weighted by molar-refractivity contribution is 0.0950. The average Bonchev–Trinajstić information content (AvgIpc) is 3.11. The van der Waals surface area contributed by atoms with Crippen molar-refractivity contribution in [3.8, 4) is 0 Å². The molecule has 1 amide bonds. The topological polar surface area (TPSA) is 84.3 Å². The predicted molar refractivity (Wildman–Crippen MR) is 103 cm³/mol. The van der Waals surface area contributed by atoms with Gasteiger partial charge in [0.15, 0.2) is 0 Å². The molecule has 0 atom stereocenters. The lowest BCUT2D eigenvalue weighted by atomic mass is 10.2. The molecule has 0 unspecified atom stereocenters. The average molecular weight is 384 g/mol. The molecule has 0 spiro atoms. The molecule has 0 saturated carbocycles. The van der Waals surface area contributed by atoms with Crippen molar-refractivity contribution in [2.45, 2.75) is 11.4 Å². The van der Waals surface area contributed by atoms with E-state index in [2.05, 4.69) is 10.4 Å².